The molecule has 0 spiro atoms. The quantitative estimate of drug-likeness (QED) is 0.661. The van der Waals surface area contributed by atoms with Crippen molar-refractivity contribution < 1.29 is 9.59 Å². The lowest BCUT2D eigenvalue weighted by Gasteiger charge is -2.34. The van der Waals surface area contributed by atoms with E-state index in [9.17, 15) is 9.59 Å². The van der Waals surface area contributed by atoms with Crippen LogP contribution in [0.25, 0.3) is 0 Å². The molecular formula is C12H24N4O2. The van der Waals surface area contributed by atoms with Crippen molar-refractivity contribution in [3.63, 3.8) is 0 Å². The van der Waals surface area contributed by atoms with Crippen LogP contribution >= 0.6 is 0 Å². The van der Waals surface area contributed by atoms with E-state index in [2.05, 4.69) is 10.2 Å². The minimum atomic E-state index is 0.0201. The number of carbonyl (C=O) groups is 2. The fraction of sp³-hybridized carbons (Fsp3) is 0.833. The Hall–Kier alpha value is -1.14. The number of likely N-dealkylation sites (N-methyl/N-ethyl adjacent to an activating group) is 1. The van der Waals surface area contributed by atoms with Crippen LogP contribution in [0.4, 0.5) is 0 Å². The third-order valence-electron chi connectivity index (χ3n) is 3.18. The van der Waals surface area contributed by atoms with Crippen LogP contribution in [0, 0.1) is 0 Å². The Labute approximate surface area is 108 Å². The summed E-state index contributed by atoms with van der Waals surface area (Å²) in [6.07, 6.45) is 1.25. The first kappa shape index (κ1) is 14.9. The Morgan fingerprint density at radius 3 is 2.39 bits per heavy atom. The fourth-order valence-corrected chi connectivity index (χ4v) is 1.95. The van der Waals surface area contributed by atoms with E-state index >= 15 is 0 Å². The summed E-state index contributed by atoms with van der Waals surface area (Å²) >= 11 is 0. The molecule has 0 aliphatic carbocycles. The van der Waals surface area contributed by atoms with Crippen LogP contribution in [0.1, 0.15) is 19.8 Å². The Morgan fingerprint density at radius 1 is 1.28 bits per heavy atom. The molecule has 1 rings (SSSR count). The first-order chi connectivity index (χ1) is 8.52. The normalized spacial score (nSPS) is 18.5. The van der Waals surface area contributed by atoms with Gasteiger partial charge < -0.3 is 16.0 Å². The fourth-order valence-electron chi connectivity index (χ4n) is 1.95. The van der Waals surface area contributed by atoms with Gasteiger partial charge in [0.2, 0.25) is 11.8 Å². The van der Waals surface area contributed by atoms with E-state index in [-0.39, 0.29) is 17.9 Å². The van der Waals surface area contributed by atoms with Crippen molar-refractivity contribution >= 4 is 11.8 Å². The number of piperazine rings is 1. The zero-order valence-electron chi connectivity index (χ0n) is 11.3. The third-order valence-corrected chi connectivity index (χ3v) is 3.18. The predicted octanol–water partition coefficient (Wildman–Crippen LogP) is -0.996. The minimum Gasteiger partial charge on any atom is -0.358 e. The number of hydrogen-bond donors (Lipinski definition) is 2. The zero-order chi connectivity index (χ0) is 13.5. The molecule has 1 heterocycles. The molecule has 1 fully saturated rings. The molecule has 2 amide bonds. The van der Waals surface area contributed by atoms with Crippen LogP contribution in [0.15, 0.2) is 0 Å². The maximum absolute atomic E-state index is 11.9. The highest BCUT2D eigenvalue weighted by Gasteiger charge is 2.21. The van der Waals surface area contributed by atoms with Crippen molar-refractivity contribution in [2.45, 2.75) is 25.8 Å². The lowest BCUT2D eigenvalue weighted by Crippen LogP contribution is -2.51. The third kappa shape index (κ3) is 5.01. The van der Waals surface area contributed by atoms with Crippen molar-refractivity contribution in [3.05, 3.63) is 0 Å². The Kier molecular flexibility index (Phi) is 6.07. The molecule has 1 atom stereocenters. The van der Waals surface area contributed by atoms with Gasteiger partial charge in [-0.3, -0.25) is 14.5 Å². The minimum absolute atomic E-state index is 0.0201. The van der Waals surface area contributed by atoms with E-state index in [1.165, 1.54) is 0 Å². The Bertz CT molecular complexity index is 286. The summed E-state index contributed by atoms with van der Waals surface area (Å²) in [5.74, 6) is 0.193. The lowest BCUT2D eigenvalue weighted by molar-refractivity contribution is -0.133. The standard InChI is InChI=1S/C12H24N4O2/c1-10(13)3-4-12(18)16-7-5-15(6-8-16)9-11(17)14-2/h10H,3-9,13H2,1-2H3,(H,14,17). The number of nitrogens with two attached hydrogens (primary N) is 1. The van der Waals surface area contributed by atoms with Crippen LogP contribution < -0.4 is 11.1 Å². The molecule has 1 saturated heterocycles. The van der Waals surface area contributed by atoms with Gasteiger partial charge in [0.15, 0.2) is 0 Å². The number of rotatable bonds is 5. The van der Waals surface area contributed by atoms with E-state index < -0.39 is 0 Å². The Morgan fingerprint density at radius 2 is 1.89 bits per heavy atom. The lowest BCUT2D eigenvalue weighted by atomic mass is 10.1. The molecule has 18 heavy (non-hydrogen) atoms. The molecule has 104 valence electrons. The van der Waals surface area contributed by atoms with E-state index in [4.69, 9.17) is 5.73 Å². The Balaban J connectivity index is 2.26. The molecule has 0 aromatic carbocycles. The van der Waals surface area contributed by atoms with Gasteiger partial charge in [0.1, 0.15) is 0 Å². The smallest absolute Gasteiger partial charge is 0.233 e. The summed E-state index contributed by atoms with van der Waals surface area (Å²) in [7, 11) is 1.64. The second-order valence-electron chi connectivity index (χ2n) is 4.85. The van der Waals surface area contributed by atoms with Crippen molar-refractivity contribution in [1.29, 1.82) is 0 Å². The predicted molar refractivity (Wildman–Crippen MR) is 70.0 cm³/mol. The second-order valence-corrected chi connectivity index (χ2v) is 4.85. The van der Waals surface area contributed by atoms with Gasteiger partial charge in [-0.05, 0) is 13.3 Å². The first-order valence-electron chi connectivity index (χ1n) is 6.49. The molecule has 0 saturated carbocycles. The SMILES string of the molecule is CNC(=O)CN1CCN(C(=O)CCC(C)N)CC1. The van der Waals surface area contributed by atoms with Crippen LogP contribution in [0.5, 0.6) is 0 Å². The van der Waals surface area contributed by atoms with Crippen LogP contribution in [-0.4, -0.2) is 67.4 Å². The summed E-state index contributed by atoms with van der Waals surface area (Å²) in [4.78, 5) is 27.0. The molecule has 0 aromatic heterocycles. The van der Waals surface area contributed by atoms with Gasteiger partial charge in [-0.1, -0.05) is 0 Å². The molecule has 0 aromatic rings. The second kappa shape index (κ2) is 7.33. The van der Waals surface area contributed by atoms with Gasteiger partial charge in [0.25, 0.3) is 0 Å². The molecule has 6 heteroatoms. The average molecular weight is 256 g/mol. The summed E-state index contributed by atoms with van der Waals surface area (Å²) in [5.41, 5.74) is 5.64. The molecule has 1 aliphatic rings. The monoisotopic (exact) mass is 256 g/mol. The van der Waals surface area contributed by atoms with Gasteiger partial charge in [-0.2, -0.15) is 0 Å². The van der Waals surface area contributed by atoms with Gasteiger partial charge in [0, 0.05) is 45.7 Å². The molecule has 0 bridgehead atoms. The highest BCUT2D eigenvalue weighted by atomic mass is 16.2. The maximum atomic E-state index is 11.9. The van der Waals surface area contributed by atoms with Crippen LogP contribution in [-0.2, 0) is 9.59 Å². The molecule has 1 aliphatic heterocycles. The van der Waals surface area contributed by atoms with E-state index in [1.54, 1.807) is 7.05 Å². The van der Waals surface area contributed by atoms with Crippen molar-refractivity contribution in [2.75, 3.05) is 39.8 Å². The number of nitrogens with zero attached hydrogens (tertiary/aromatic N) is 2. The van der Waals surface area contributed by atoms with Gasteiger partial charge >= 0.3 is 0 Å². The van der Waals surface area contributed by atoms with Crippen LogP contribution in [0.3, 0.4) is 0 Å². The van der Waals surface area contributed by atoms with Gasteiger partial charge in [-0.25, -0.2) is 0 Å². The highest BCUT2D eigenvalue weighted by Crippen LogP contribution is 2.05. The highest BCUT2D eigenvalue weighted by molar-refractivity contribution is 5.78. The van der Waals surface area contributed by atoms with Gasteiger partial charge in [0.05, 0.1) is 6.54 Å². The first-order valence-corrected chi connectivity index (χ1v) is 6.49. The van der Waals surface area contributed by atoms with E-state index in [0.717, 1.165) is 19.5 Å². The summed E-state index contributed by atoms with van der Waals surface area (Å²) in [5, 5.41) is 2.60. The summed E-state index contributed by atoms with van der Waals surface area (Å²) < 4.78 is 0. The van der Waals surface area contributed by atoms with Crippen LogP contribution in [0.2, 0.25) is 0 Å². The number of hydrogen-bond acceptors (Lipinski definition) is 4. The average Bonchev–Trinajstić information content (AvgIpc) is 2.36. The molecule has 1 unspecified atom stereocenters. The number of carbonyl (C=O) groups excluding carboxylic acids is 2. The van der Waals surface area contributed by atoms with E-state index in [0.29, 0.717) is 26.1 Å². The molecular weight excluding hydrogens is 232 g/mol. The molecule has 6 nitrogen and oxygen atoms in total. The van der Waals surface area contributed by atoms with Crippen molar-refractivity contribution in [3.8, 4) is 0 Å². The molecule has 3 N–H and O–H groups in total. The van der Waals surface area contributed by atoms with Crippen molar-refractivity contribution in [2.24, 2.45) is 5.73 Å². The van der Waals surface area contributed by atoms with Crippen molar-refractivity contribution in [1.82, 2.24) is 15.1 Å². The van der Waals surface area contributed by atoms with E-state index in [1.807, 2.05) is 11.8 Å². The number of amides is 2. The topological polar surface area (TPSA) is 78.7 Å². The zero-order valence-corrected chi connectivity index (χ0v) is 11.3. The summed E-state index contributed by atoms with van der Waals surface area (Å²) in [6.45, 7) is 5.26. The van der Waals surface area contributed by atoms with Gasteiger partial charge in [-0.15, -0.1) is 0 Å². The summed E-state index contributed by atoms with van der Waals surface area (Å²) in [6, 6.07) is 0.0727. The largest absolute Gasteiger partial charge is 0.358 e. The molecule has 0 radical (unpaired) electrons. The number of nitrogens with one attached hydrogen (secondary N) is 1. The maximum Gasteiger partial charge on any atom is 0.233 e.